The number of aliphatic hydroxyl groups is 1. The van der Waals surface area contributed by atoms with Gasteiger partial charge in [0.2, 0.25) is 0 Å². The van der Waals surface area contributed by atoms with E-state index in [1.54, 1.807) is 7.11 Å². The van der Waals surface area contributed by atoms with Crippen molar-refractivity contribution in [3.05, 3.63) is 36.0 Å². The van der Waals surface area contributed by atoms with Crippen molar-refractivity contribution in [2.45, 2.75) is 110 Å². The third kappa shape index (κ3) is 4.40. The highest BCUT2D eigenvalue weighted by atomic mass is 16.5. The van der Waals surface area contributed by atoms with Gasteiger partial charge >= 0.3 is 0 Å². The summed E-state index contributed by atoms with van der Waals surface area (Å²) in [6, 6.07) is 8.21. The number of fused-ring (bicyclic) bond motifs is 1. The van der Waals surface area contributed by atoms with Crippen LogP contribution in [0.5, 0.6) is 5.75 Å². The van der Waals surface area contributed by atoms with Gasteiger partial charge in [-0.25, -0.2) is 0 Å². The van der Waals surface area contributed by atoms with Crippen molar-refractivity contribution in [1.82, 2.24) is 9.88 Å². The summed E-state index contributed by atoms with van der Waals surface area (Å²) in [5, 5.41) is 12.6. The Balaban J connectivity index is 1.07. The van der Waals surface area contributed by atoms with Gasteiger partial charge < -0.3 is 9.84 Å². The number of benzene rings is 1. The Morgan fingerprint density at radius 2 is 2.00 bits per heavy atom. The zero-order valence-corrected chi connectivity index (χ0v) is 23.8. The minimum atomic E-state index is -0.469. The van der Waals surface area contributed by atoms with Gasteiger partial charge in [-0.2, -0.15) is 0 Å². The third-order valence-electron chi connectivity index (χ3n) is 11.4. The van der Waals surface area contributed by atoms with Gasteiger partial charge in [-0.1, -0.05) is 34.1 Å². The molecule has 6 atom stereocenters. The first-order chi connectivity index (χ1) is 17.7. The van der Waals surface area contributed by atoms with Crippen molar-refractivity contribution in [2.24, 2.45) is 28.6 Å². The second-order valence-corrected chi connectivity index (χ2v) is 14.1. The molecule has 1 aromatic heterocycles. The Bertz CT molecular complexity index is 1140. The Hall–Kier alpha value is -1.65. The van der Waals surface area contributed by atoms with Crippen molar-refractivity contribution >= 4 is 10.9 Å². The van der Waals surface area contributed by atoms with E-state index in [1.165, 1.54) is 64.3 Å². The van der Waals surface area contributed by atoms with E-state index >= 15 is 0 Å². The van der Waals surface area contributed by atoms with Crippen LogP contribution in [-0.4, -0.2) is 40.2 Å². The van der Waals surface area contributed by atoms with Crippen molar-refractivity contribution in [2.75, 3.05) is 13.7 Å². The molecule has 1 N–H and O–H groups in total. The van der Waals surface area contributed by atoms with Crippen LogP contribution in [0, 0.1) is 28.6 Å². The number of ether oxygens (including phenoxy) is 1. The molecular weight excluding hydrogens is 456 g/mol. The Labute approximate surface area is 224 Å². The van der Waals surface area contributed by atoms with Gasteiger partial charge in [0.25, 0.3) is 0 Å². The predicted octanol–water partition coefficient (Wildman–Crippen LogP) is 7.54. The molecule has 2 aliphatic heterocycles. The normalized spacial score (nSPS) is 31.4. The molecular formula is C33H48N2O2. The smallest absolute Gasteiger partial charge is 0.119 e. The molecule has 1 aromatic carbocycles. The lowest BCUT2D eigenvalue weighted by Crippen LogP contribution is -2.58. The molecule has 1 spiro atoms. The number of methoxy groups -OCH3 is 1. The molecule has 0 bridgehead atoms. The number of pyridine rings is 1. The summed E-state index contributed by atoms with van der Waals surface area (Å²) in [6.07, 6.45) is 15.0. The van der Waals surface area contributed by atoms with E-state index in [9.17, 15) is 5.11 Å². The summed E-state index contributed by atoms with van der Waals surface area (Å²) in [4.78, 5) is 7.22. The molecule has 2 saturated heterocycles. The number of aliphatic hydroxyl groups excluding tert-OH is 1. The standard InChI is InChI=1S/C33H48N2O2/c1-6-12-31(3,4)13-14-32(15-16-32)22(2)7-8-23-21-35-29(20-33(35)19-27(23)33)30(36)25-11-17-34-28-10-9-24(37-5)18-26(25)28/h9-11,17-18,22-23,27,29-30,36H,6-8,12-16,19-21H2,1-5H3. The largest absolute Gasteiger partial charge is 0.497 e. The monoisotopic (exact) mass is 504 g/mol. The van der Waals surface area contributed by atoms with Crippen LogP contribution in [0.25, 0.3) is 10.9 Å². The van der Waals surface area contributed by atoms with E-state index in [2.05, 4.69) is 37.6 Å². The average molecular weight is 505 g/mol. The quantitative estimate of drug-likeness (QED) is 0.324. The lowest BCUT2D eigenvalue weighted by atomic mass is 9.75. The van der Waals surface area contributed by atoms with E-state index in [0.29, 0.717) is 16.4 Å². The summed E-state index contributed by atoms with van der Waals surface area (Å²) in [6.45, 7) is 11.0. The van der Waals surface area contributed by atoms with Crippen LogP contribution in [0.3, 0.4) is 0 Å². The average Bonchev–Trinajstić information content (AvgIpc) is 3.79. The fourth-order valence-corrected chi connectivity index (χ4v) is 8.62. The highest BCUT2D eigenvalue weighted by Crippen LogP contribution is 2.69. The van der Waals surface area contributed by atoms with Crippen LogP contribution in [0.15, 0.2) is 30.5 Å². The van der Waals surface area contributed by atoms with Gasteiger partial charge in [-0.3, -0.25) is 9.88 Å². The fourth-order valence-electron chi connectivity index (χ4n) is 8.62. The zero-order valence-electron chi connectivity index (χ0n) is 23.8. The number of rotatable bonds is 12. The lowest BCUT2D eigenvalue weighted by Gasteiger charge is -2.50. The van der Waals surface area contributed by atoms with E-state index < -0.39 is 6.10 Å². The molecule has 4 nitrogen and oxygen atoms in total. The van der Waals surface area contributed by atoms with Crippen LogP contribution in [0.1, 0.15) is 104 Å². The van der Waals surface area contributed by atoms with E-state index in [0.717, 1.165) is 46.4 Å². The maximum atomic E-state index is 11.6. The summed E-state index contributed by atoms with van der Waals surface area (Å²) in [5.41, 5.74) is 3.49. The number of nitrogens with zero attached hydrogens (tertiary/aromatic N) is 2. The van der Waals surface area contributed by atoms with E-state index in [4.69, 9.17) is 4.74 Å². The molecule has 2 aliphatic carbocycles. The van der Waals surface area contributed by atoms with Crippen LogP contribution in [0.4, 0.5) is 0 Å². The molecule has 37 heavy (non-hydrogen) atoms. The molecule has 0 radical (unpaired) electrons. The molecule has 6 unspecified atom stereocenters. The maximum absolute atomic E-state index is 11.6. The summed E-state index contributed by atoms with van der Waals surface area (Å²) in [7, 11) is 1.69. The SMILES string of the molecule is CCCC(C)(C)CCC1(C(C)CCC2CN3C(C(O)c4ccnc5ccc(OC)cc45)CC34CC24)CC1. The van der Waals surface area contributed by atoms with Crippen LogP contribution >= 0.6 is 0 Å². The molecule has 0 amide bonds. The van der Waals surface area contributed by atoms with Crippen molar-refractivity contribution < 1.29 is 9.84 Å². The molecule has 4 aliphatic rings. The zero-order chi connectivity index (χ0) is 26.0. The fraction of sp³-hybridized carbons (Fsp3) is 0.727. The second kappa shape index (κ2) is 9.23. The van der Waals surface area contributed by atoms with Crippen LogP contribution in [-0.2, 0) is 0 Å². The molecule has 6 rings (SSSR count). The minimum absolute atomic E-state index is 0.236. The van der Waals surface area contributed by atoms with Crippen LogP contribution in [0.2, 0.25) is 0 Å². The molecule has 2 aromatic rings. The Morgan fingerprint density at radius 3 is 2.73 bits per heavy atom. The highest BCUT2D eigenvalue weighted by Gasteiger charge is 2.73. The van der Waals surface area contributed by atoms with Gasteiger partial charge in [-0.05, 0) is 116 Å². The highest BCUT2D eigenvalue weighted by molar-refractivity contribution is 5.84. The van der Waals surface area contributed by atoms with Gasteiger partial charge in [0.05, 0.1) is 18.7 Å². The topological polar surface area (TPSA) is 45.6 Å². The molecule has 4 heteroatoms. The van der Waals surface area contributed by atoms with Crippen molar-refractivity contribution in [3.63, 3.8) is 0 Å². The predicted molar refractivity (Wildman–Crippen MR) is 151 cm³/mol. The number of hydrogen-bond acceptors (Lipinski definition) is 4. The number of piperidine rings is 1. The summed E-state index contributed by atoms with van der Waals surface area (Å²) in [5.74, 6) is 3.36. The first-order valence-electron chi connectivity index (χ1n) is 15.1. The second-order valence-electron chi connectivity index (χ2n) is 14.1. The van der Waals surface area contributed by atoms with E-state index in [1.807, 2.05) is 30.5 Å². The molecule has 3 heterocycles. The number of aromatic nitrogens is 1. The molecule has 202 valence electrons. The lowest BCUT2D eigenvalue weighted by molar-refractivity contribution is -0.0622. The first kappa shape index (κ1) is 25.6. The Morgan fingerprint density at radius 1 is 1.19 bits per heavy atom. The molecule has 2 saturated carbocycles. The van der Waals surface area contributed by atoms with Gasteiger partial charge in [0.1, 0.15) is 5.75 Å². The summed E-state index contributed by atoms with van der Waals surface area (Å²) >= 11 is 0. The van der Waals surface area contributed by atoms with Gasteiger partial charge in [0.15, 0.2) is 0 Å². The van der Waals surface area contributed by atoms with E-state index in [-0.39, 0.29) is 6.04 Å². The van der Waals surface area contributed by atoms with Crippen molar-refractivity contribution in [1.29, 1.82) is 0 Å². The maximum Gasteiger partial charge on any atom is 0.119 e. The van der Waals surface area contributed by atoms with Crippen molar-refractivity contribution in [3.8, 4) is 5.75 Å². The molecule has 4 fully saturated rings. The summed E-state index contributed by atoms with van der Waals surface area (Å²) < 4.78 is 5.46. The van der Waals surface area contributed by atoms with Gasteiger partial charge in [0, 0.05) is 29.7 Å². The third-order valence-corrected chi connectivity index (χ3v) is 11.4. The van der Waals surface area contributed by atoms with Crippen LogP contribution < -0.4 is 4.74 Å². The first-order valence-corrected chi connectivity index (χ1v) is 15.1. The Kier molecular flexibility index (Phi) is 6.39. The minimum Gasteiger partial charge on any atom is -0.497 e. The van der Waals surface area contributed by atoms with Gasteiger partial charge in [-0.15, -0.1) is 0 Å². The number of hydrogen-bond donors (Lipinski definition) is 1.